The summed E-state index contributed by atoms with van der Waals surface area (Å²) in [5.74, 6) is -0.226. The van der Waals surface area contributed by atoms with Gasteiger partial charge in [0.2, 0.25) is 0 Å². The van der Waals surface area contributed by atoms with Crippen LogP contribution < -0.4 is 4.74 Å². The molecular formula is C17H20FN3O2. The van der Waals surface area contributed by atoms with Crippen molar-refractivity contribution < 1.29 is 13.9 Å². The summed E-state index contributed by atoms with van der Waals surface area (Å²) in [7, 11) is 1.56. The van der Waals surface area contributed by atoms with E-state index in [0.29, 0.717) is 19.2 Å². The molecule has 0 saturated carbocycles. The van der Waals surface area contributed by atoms with Gasteiger partial charge in [0.05, 0.1) is 26.4 Å². The molecule has 0 amide bonds. The first kappa shape index (κ1) is 15.8. The number of aromatic nitrogens is 2. The quantitative estimate of drug-likeness (QED) is 0.867. The smallest absolute Gasteiger partial charge is 0.316 e. The van der Waals surface area contributed by atoms with Gasteiger partial charge in [-0.3, -0.25) is 4.90 Å². The molecule has 6 heteroatoms. The van der Waals surface area contributed by atoms with Gasteiger partial charge in [0, 0.05) is 30.5 Å². The lowest BCUT2D eigenvalue weighted by Gasteiger charge is -2.36. The number of halogens is 1. The minimum absolute atomic E-state index is 0.103. The van der Waals surface area contributed by atoms with Crippen molar-refractivity contribution in [2.45, 2.75) is 19.5 Å². The molecule has 1 aromatic heterocycles. The van der Waals surface area contributed by atoms with E-state index < -0.39 is 0 Å². The summed E-state index contributed by atoms with van der Waals surface area (Å²) < 4.78 is 23.8. The van der Waals surface area contributed by atoms with E-state index in [9.17, 15) is 4.39 Å². The van der Waals surface area contributed by atoms with E-state index in [1.165, 1.54) is 12.1 Å². The van der Waals surface area contributed by atoms with E-state index >= 15 is 0 Å². The Morgan fingerprint density at radius 2 is 2.13 bits per heavy atom. The van der Waals surface area contributed by atoms with Gasteiger partial charge in [-0.1, -0.05) is 12.1 Å². The van der Waals surface area contributed by atoms with Gasteiger partial charge < -0.3 is 9.47 Å². The number of rotatable bonds is 4. The Bertz CT molecular complexity index is 663. The third-order valence-electron chi connectivity index (χ3n) is 4.11. The maximum absolute atomic E-state index is 13.1. The Labute approximate surface area is 135 Å². The van der Waals surface area contributed by atoms with Crippen LogP contribution in [-0.2, 0) is 11.3 Å². The molecule has 1 aromatic carbocycles. The number of benzene rings is 1. The predicted molar refractivity (Wildman–Crippen MR) is 83.7 cm³/mol. The maximum atomic E-state index is 13.1. The molecule has 1 aliphatic heterocycles. The van der Waals surface area contributed by atoms with E-state index in [1.807, 2.05) is 19.1 Å². The highest BCUT2D eigenvalue weighted by atomic mass is 19.1. The molecule has 2 heterocycles. The van der Waals surface area contributed by atoms with Gasteiger partial charge in [-0.2, -0.15) is 0 Å². The normalized spacial score (nSPS) is 18.8. The summed E-state index contributed by atoms with van der Waals surface area (Å²) in [6.07, 6.45) is 1.80. The SMILES string of the molecule is COc1ncc(CN2CCOCC2c2ccc(F)cc2)c(C)n1. The summed E-state index contributed by atoms with van der Waals surface area (Å²) in [4.78, 5) is 10.8. The second kappa shape index (κ2) is 7.02. The van der Waals surface area contributed by atoms with E-state index in [4.69, 9.17) is 9.47 Å². The minimum atomic E-state index is -0.226. The molecule has 23 heavy (non-hydrogen) atoms. The Hall–Kier alpha value is -2.05. The van der Waals surface area contributed by atoms with Gasteiger partial charge in [-0.25, -0.2) is 14.4 Å². The maximum Gasteiger partial charge on any atom is 0.316 e. The molecule has 0 radical (unpaired) electrons. The van der Waals surface area contributed by atoms with Crippen LogP contribution in [0, 0.1) is 12.7 Å². The van der Waals surface area contributed by atoms with Gasteiger partial charge in [0.15, 0.2) is 0 Å². The lowest BCUT2D eigenvalue weighted by molar-refractivity contribution is -0.0129. The second-order valence-corrected chi connectivity index (χ2v) is 5.58. The second-order valence-electron chi connectivity index (χ2n) is 5.58. The molecule has 0 aliphatic carbocycles. The monoisotopic (exact) mass is 317 g/mol. The average molecular weight is 317 g/mol. The fourth-order valence-corrected chi connectivity index (χ4v) is 2.76. The van der Waals surface area contributed by atoms with Gasteiger partial charge in [-0.05, 0) is 24.6 Å². The molecule has 0 N–H and O–H groups in total. The van der Waals surface area contributed by atoms with Crippen LogP contribution in [0.3, 0.4) is 0 Å². The molecule has 1 aliphatic rings. The average Bonchev–Trinajstić information content (AvgIpc) is 2.58. The molecule has 0 bridgehead atoms. The van der Waals surface area contributed by atoms with Crippen molar-refractivity contribution in [3.8, 4) is 6.01 Å². The largest absolute Gasteiger partial charge is 0.467 e. The van der Waals surface area contributed by atoms with Crippen LogP contribution in [0.4, 0.5) is 4.39 Å². The summed E-state index contributed by atoms with van der Waals surface area (Å²) in [6, 6.07) is 7.10. The van der Waals surface area contributed by atoms with Crippen LogP contribution in [0.2, 0.25) is 0 Å². The number of hydrogen-bond donors (Lipinski definition) is 0. The van der Waals surface area contributed by atoms with E-state index in [2.05, 4.69) is 14.9 Å². The fraction of sp³-hybridized carbons (Fsp3) is 0.412. The lowest BCUT2D eigenvalue weighted by Crippen LogP contribution is -2.39. The molecule has 0 spiro atoms. The van der Waals surface area contributed by atoms with Crippen LogP contribution in [0.15, 0.2) is 30.5 Å². The van der Waals surface area contributed by atoms with E-state index in [-0.39, 0.29) is 11.9 Å². The first-order valence-electron chi connectivity index (χ1n) is 7.61. The van der Waals surface area contributed by atoms with Gasteiger partial charge >= 0.3 is 6.01 Å². The standard InChI is InChI=1S/C17H20FN3O2/c1-12-14(9-19-17(20-12)22-2)10-21-7-8-23-11-16(21)13-3-5-15(18)6-4-13/h3-6,9,16H,7-8,10-11H2,1-2H3. The molecule has 2 aromatic rings. The Kier molecular flexibility index (Phi) is 4.83. The van der Waals surface area contributed by atoms with Crippen LogP contribution in [0.25, 0.3) is 0 Å². The fourth-order valence-electron chi connectivity index (χ4n) is 2.76. The first-order valence-corrected chi connectivity index (χ1v) is 7.61. The molecule has 5 nitrogen and oxygen atoms in total. The topological polar surface area (TPSA) is 47.5 Å². The van der Waals surface area contributed by atoms with Crippen molar-refractivity contribution in [1.82, 2.24) is 14.9 Å². The Morgan fingerprint density at radius 1 is 1.35 bits per heavy atom. The molecule has 1 fully saturated rings. The summed E-state index contributed by atoms with van der Waals surface area (Å²) in [5.41, 5.74) is 3.01. The summed E-state index contributed by atoms with van der Waals surface area (Å²) in [6.45, 7) is 4.77. The highest BCUT2D eigenvalue weighted by molar-refractivity contribution is 5.22. The molecule has 1 saturated heterocycles. The van der Waals surface area contributed by atoms with Crippen molar-refractivity contribution >= 4 is 0 Å². The number of morpholine rings is 1. The zero-order chi connectivity index (χ0) is 16.2. The van der Waals surface area contributed by atoms with Crippen LogP contribution in [0.5, 0.6) is 6.01 Å². The third-order valence-corrected chi connectivity index (χ3v) is 4.11. The van der Waals surface area contributed by atoms with E-state index in [1.54, 1.807) is 13.3 Å². The number of aryl methyl sites for hydroxylation is 1. The van der Waals surface area contributed by atoms with Crippen molar-refractivity contribution in [2.75, 3.05) is 26.9 Å². The van der Waals surface area contributed by atoms with Crippen LogP contribution >= 0.6 is 0 Å². The Morgan fingerprint density at radius 3 is 2.83 bits per heavy atom. The van der Waals surface area contributed by atoms with Crippen molar-refractivity contribution in [3.63, 3.8) is 0 Å². The van der Waals surface area contributed by atoms with Gasteiger partial charge in [-0.15, -0.1) is 0 Å². The van der Waals surface area contributed by atoms with Gasteiger partial charge in [0.25, 0.3) is 0 Å². The first-order chi connectivity index (χ1) is 11.2. The molecular weight excluding hydrogens is 297 g/mol. The summed E-state index contributed by atoms with van der Waals surface area (Å²) >= 11 is 0. The van der Waals surface area contributed by atoms with Crippen molar-refractivity contribution in [2.24, 2.45) is 0 Å². The number of nitrogens with zero attached hydrogens (tertiary/aromatic N) is 3. The highest BCUT2D eigenvalue weighted by Gasteiger charge is 2.25. The highest BCUT2D eigenvalue weighted by Crippen LogP contribution is 2.26. The van der Waals surface area contributed by atoms with Crippen LogP contribution in [0.1, 0.15) is 22.9 Å². The van der Waals surface area contributed by atoms with Crippen molar-refractivity contribution in [1.29, 1.82) is 0 Å². The molecule has 1 unspecified atom stereocenters. The Balaban J connectivity index is 1.80. The van der Waals surface area contributed by atoms with Gasteiger partial charge in [0.1, 0.15) is 5.82 Å². The number of ether oxygens (including phenoxy) is 2. The number of methoxy groups -OCH3 is 1. The third kappa shape index (κ3) is 3.65. The van der Waals surface area contributed by atoms with E-state index in [0.717, 1.165) is 29.9 Å². The zero-order valence-corrected chi connectivity index (χ0v) is 13.3. The number of hydrogen-bond acceptors (Lipinski definition) is 5. The molecule has 3 rings (SSSR count). The predicted octanol–water partition coefficient (Wildman–Crippen LogP) is 2.51. The minimum Gasteiger partial charge on any atom is -0.467 e. The van der Waals surface area contributed by atoms with Crippen molar-refractivity contribution in [3.05, 3.63) is 53.1 Å². The lowest BCUT2D eigenvalue weighted by atomic mass is 10.0. The molecule has 1 atom stereocenters. The van der Waals surface area contributed by atoms with Crippen LogP contribution in [-0.4, -0.2) is 41.7 Å². The molecule has 122 valence electrons. The zero-order valence-electron chi connectivity index (χ0n) is 13.3. The summed E-state index contributed by atoms with van der Waals surface area (Å²) in [5, 5.41) is 0.